The van der Waals surface area contributed by atoms with E-state index in [-0.39, 0.29) is 23.1 Å². The Labute approximate surface area is 120 Å². The van der Waals surface area contributed by atoms with Crippen molar-refractivity contribution in [1.82, 2.24) is 9.97 Å². The summed E-state index contributed by atoms with van der Waals surface area (Å²) in [4.78, 5) is 7.66. The summed E-state index contributed by atoms with van der Waals surface area (Å²) in [6.07, 6.45) is -2.20. The Morgan fingerprint density at radius 3 is 2.55 bits per heavy atom. The molecule has 20 heavy (non-hydrogen) atoms. The molecule has 106 valence electrons. The fraction of sp³-hybridized carbons (Fsp3) is 0.0909. The van der Waals surface area contributed by atoms with E-state index in [2.05, 4.69) is 36.0 Å². The van der Waals surface area contributed by atoms with E-state index in [9.17, 15) is 13.2 Å². The molecule has 0 aliphatic rings. The molecule has 0 atom stereocenters. The van der Waals surface area contributed by atoms with Gasteiger partial charge in [0.25, 0.3) is 0 Å². The minimum Gasteiger partial charge on any atom is -0.404 e. The summed E-state index contributed by atoms with van der Waals surface area (Å²) < 4.78 is 41.4. The lowest BCUT2D eigenvalue weighted by molar-refractivity contribution is -0.274. The zero-order valence-electron chi connectivity index (χ0n) is 9.78. The molecule has 0 aliphatic heterocycles. The molecule has 1 aromatic carbocycles. The molecule has 5 nitrogen and oxygen atoms in total. The molecule has 0 saturated heterocycles. The van der Waals surface area contributed by atoms with Gasteiger partial charge >= 0.3 is 6.36 Å². The minimum atomic E-state index is -4.79. The summed E-state index contributed by atoms with van der Waals surface area (Å²) in [6.45, 7) is 0. The number of hydrogen-bond donors (Lipinski definition) is 2. The maximum Gasteiger partial charge on any atom is 0.573 e. The van der Waals surface area contributed by atoms with Gasteiger partial charge in [-0.05, 0) is 18.2 Å². The normalized spacial score (nSPS) is 11.2. The highest BCUT2D eigenvalue weighted by Crippen LogP contribution is 2.34. The molecule has 2 aromatic rings. The molecule has 0 radical (unpaired) electrons. The van der Waals surface area contributed by atoms with Crippen LogP contribution in [0, 0.1) is 0 Å². The van der Waals surface area contributed by atoms with Gasteiger partial charge in [0, 0.05) is 4.47 Å². The number of ether oxygens (including phenoxy) is 1. The molecule has 9 heteroatoms. The summed E-state index contributed by atoms with van der Waals surface area (Å²) in [5.41, 5.74) is 5.47. The predicted molar refractivity (Wildman–Crippen MR) is 70.6 cm³/mol. The Kier molecular flexibility index (Phi) is 3.98. The quantitative estimate of drug-likeness (QED) is 0.888. The van der Waals surface area contributed by atoms with Crippen molar-refractivity contribution >= 4 is 33.3 Å². The van der Waals surface area contributed by atoms with Gasteiger partial charge < -0.3 is 15.8 Å². The number of anilines is 3. The van der Waals surface area contributed by atoms with E-state index in [4.69, 9.17) is 5.73 Å². The van der Waals surface area contributed by atoms with E-state index in [1.807, 2.05) is 0 Å². The maximum absolute atomic E-state index is 12.3. The highest BCUT2D eigenvalue weighted by atomic mass is 79.9. The molecule has 0 fully saturated rings. The van der Waals surface area contributed by atoms with E-state index in [0.717, 1.165) is 0 Å². The lowest BCUT2D eigenvalue weighted by atomic mass is 10.3. The van der Waals surface area contributed by atoms with Gasteiger partial charge in [-0.25, -0.2) is 9.97 Å². The first kappa shape index (κ1) is 14.4. The largest absolute Gasteiger partial charge is 0.573 e. The molecule has 0 saturated carbocycles. The topological polar surface area (TPSA) is 73.1 Å². The number of nitrogens with zero attached hydrogens (tertiary/aromatic N) is 2. The van der Waals surface area contributed by atoms with Crippen molar-refractivity contribution in [3.8, 4) is 5.75 Å². The van der Waals surface area contributed by atoms with Crippen LogP contribution < -0.4 is 15.8 Å². The van der Waals surface area contributed by atoms with Crippen molar-refractivity contribution in [2.75, 3.05) is 11.1 Å². The number of hydrogen-bond acceptors (Lipinski definition) is 5. The second-order valence-corrected chi connectivity index (χ2v) is 4.56. The van der Waals surface area contributed by atoms with Gasteiger partial charge in [0.1, 0.15) is 11.6 Å². The van der Waals surface area contributed by atoms with E-state index < -0.39 is 6.36 Å². The van der Waals surface area contributed by atoms with Crippen LogP contribution in [0.4, 0.5) is 30.5 Å². The van der Waals surface area contributed by atoms with Crippen molar-refractivity contribution in [3.63, 3.8) is 0 Å². The van der Waals surface area contributed by atoms with Crippen LogP contribution in [0.5, 0.6) is 5.75 Å². The van der Waals surface area contributed by atoms with Crippen LogP contribution in [-0.2, 0) is 0 Å². The van der Waals surface area contributed by atoms with Gasteiger partial charge in [0.15, 0.2) is 5.75 Å². The van der Waals surface area contributed by atoms with Gasteiger partial charge in [-0.1, -0.05) is 15.9 Å². The number of nitrogen functional groups attached to an aromatic ring is 1. The predicted octanol–water partition coefficient (Wildman–Crippen LogP) is 3.46. The van der Waals surface area contributed by atoms with Crippen LogP contribution in [0.15, 0.2) is 35.1 Å². The molecule has 1 aromatic heterocycles. The molecule has 2 rings (SSSR count). The highest BCUT2D eigenvalue weighted by molar-refractivity contribution is 9.10. The van der Waals surface area contributed by atoms with Crippen molar-refractivity contribution in [3.05, 3.63) is 35.1 Å². The van der Waals surface area contributed by atoms with Gasteiger partial charge in [-0.15, -0.1) is 13.2 Å². The van der Waals surface area contributed by atoms with Crippen LogP contribution in [0.25, 0.3) is 0 Å². The Hall–Kier alpha value is -2.03. The number of halogens is 4. The van der Waals surface area contributed by atoms with Crippen LogP contribution in [0.2, 0.25) is 0 Å². The fourth-order valence-corrected chi connectivity index (χ4v) is 1.69. The van der Waals surface area contributed by atoms with Crippen molar-refractivity contribution in [2.45, 2.75) is 6.36 Å². The Bertz CT molecular complexity index is 604. The number of nitrogens with two attached hydrogens (primary N) is 1. The lowest BCUT2D eigenvalue weighted by Gasteiger charge is -2.14. The van der Waals surface area contributed by atoms with Crippen molar-refractivity contribution in [2.24, 2.45) is 0 Å². The average Bonchev–Trinajstić information content (AvgIpc) is 2.33. The summed E-state index contributed by atoms with van der Waals surface area (Å²) in [5, 5.41) is 2.67. The Balaban J connectivity index is 2.28. The summed E-state index contributed by atoms with van der Waals surface area (Å²) in [5.74, 6) is 0.0668. The lowest BCUT2D eigenvalue weighted by Crippen LogP contribution is -2.18. The second-order valence-electron chi connectivity index (χ2n) is 3.64. The number of alkyl halides is 3. The third kappa shape index (κ3) is 3.98. The first-order valence-electron chi connectivity index (χ1n) is 5.23. The van der Waals surface area contributed by atoms with Crippen LogP contribution in [-0.4, -0.2) is 16.3 Å². The molecular weight excluding hydrogens is 341 g/mol. The van der Waals surface area contributed by atoms with Gasteiger partial charge in [0.2, 0.25) is 0 Å². The minimum absolute atomic E-state index is 0.101. The second kappa shape index (κ2) is 5.53. The van der Waals surface area contributed by atoms with E-state index in [0.29, 0.717) is 4.47 Å². The van der Waals surface area contributed by atoms with Crippen LogP contribution >= 0.6 is 15.9 Å². The van der Waals surface area contributed by atoms with Gasteiger partial charge in [-0.3, -0.25) is 0 Å². The summed E-state index contributed by atoms with van der Waals surface area (Å²) in [6, 6.07) is 4.18. The monoisotopic (exact) mass is 348 g/mol. The first-order chi connectivity index (χ1) is 9.33. The van der Waals surface area contributed by atoms with E-state index in [1.165, 1.54) is 24.5 Å². The standard InChI is InChI=1S/C11H8BrF3N4O/c12-6-1-2-7(8(3-6)20-11(13,14)15)19-10-5-17-9(16)4-18-10/h1-5H,(H2,16,17)(H,18,19). The highest BCUT2D eigenvalue weighted by Gasteiger charge is 2.32. The average molecular weight is 349 g/mol. The molecule has 1 heterocycles. The number of benzene rings is 1. The van der Waals surface area contributed by atoms with Crippen LogP contribution in [0.1, 0.15) is 0 Å². The third-order valence-electron chi connectivity index (χ3n) is 2.10. The van der Waals surface area contributed by atoms with Gasteiger partial charge in [-0.2, -0.15) is 0 Å². The Morgan fingerprint density at radius 1 is 1.20 bits per heavy atom. The molecule has 0 aliphatic carbocycles. The molecule has 0 spiro atoms. The summed E-state index contributed by atoms with van der Waals surface area (Å²) >= 11 is 3.08. The number of rotatable bonds is 3. The molecule has 3 N–H and O–H groups in total. The third-order valence-corrected chi connectivity index (χ3v) is 2.60. The van der Waals surface area contributed by atoms with E-state index >= 15 is 0 Å². The van der Waals surface area contributed by atoms with E-state index in [1.54, 1.807) is 6.07 Å². The fourth-order valence-electron chi connectivity index (χ4n) is 1.35. The first-order valence-corrected chi connectivity index (χ1v) is 6.02. The van der Waals surface area contributed by atoms with Crippen molar-refractivity contribution in [1.29, 1.82) is 0 Å². The smallest absolute Gasteiger partial charge is 0.404 e. The molecular formula is C11H8BrF3N4O. The molecule has 0 bridgehead atoms. The zero-order chi connectivity index (χ0) is 14.8. The SMILES string of the molecule is Nc1cnc(Nc2ccc(Br)cc2OC(F)(F)F)cn1. The maximum atomic E-state index is 12.3. The van der Waals surface area contributed by atoms with Crippen molar-refractivity contribution < 1.29 is 17.9 Å². The summed E-state index contributed by atoms with van der Waals surface area (Å²) in [7, 11) is 0. The zero-order valence-corrected chi connectivity index (χ0v) is 11.4. The number of aromatic nitrogens is 2. The Morgan fingerprint density at radius 2 is 1.95 bits per heavy atom. The van der Waals surface area contributed by atoms with Gasteiger partial charge in [0.05, 0.1) is 18.1 Å². The molecule has 0 unspecified atom stereocenters. The number of nitrogens with one attached hydrogen (secondary N) is 1. The van der Waals surface area contributed by atoms with Crippen LogP contribution in [0.3, 0.4) is 0 Å². The molecule has 0 amide bonds.